The van der Waals surface area contributed by atoms with Crippen LogP contribution in [0.2, 0.25) is 5.02 Å². The molecule has 0 bridgehead atoms. The first-order valence-corrected chi connectivity index (χ1v) is 6.70. The van der Waals surface area contributed by atoms with Crippen molar-refractivity contribution in [3.05, 3.63) is 40.1 Å². The maximum atomic E-state index is 12.1. The average Bonchev–Trinajstić information content (AvgIpc) is 2.78. The van der Waals surface area contributed by atoms with Crippen LogP contribution in [0.3, 0.4) is 0 Å². The summed E-state index contributed by atoms with van der Waals surface area (Å²) >= 11 is 9.29. The van der Waals surface area contributed by atoms with Crippen LogP contribution in [0.4, 0.5) is 11.4 Å². The molecule has 1 aromatic heterocycles. The van der Waals surface area contributed by atoms with E-state index < -0.39 is 6.04 Å². The Bertz CT molecular complexity index is 614. The molecule has 5 nitrogen and oxygen atoms in total. The van der Waals surface area contributed by atoms with Crippen LogP contribution in [0, 0.1) is 0 Å². The Morgan fingerprint density at radius 3 is 2.89 bits per heavy atom. The van der Waals surface area contributed by atoms with Gasteiger partial charge in [-0.05, 0) is 41.1 Å². The number of benzene rings is 1. The van der Waals surface area contributed by atoms with Crippen molar-refractivity contribution >= 4 is 44.8 Å². The SMILES string of the molecule is CC(C(=O)Nc1ccc(N)cc1Cl)n1cc(Br)cn1. The Hall–Kier alpha value is -1.53. The Labute approximate surface area is 123 Å². The van der Waals surface area contributed by atoms with Gasteiger partial charge in [0.1, 0.15) is 6.04 Å². The van der Waals surface area contributed by atoms with Crippen LogP contribution >= 0.6 is 27.5 Å². The molecule has 2 rings (SSSR count). The van der Waals surface area contributed by atoms with Gasteiger partial charge in [-0.25, -0.2) is 0 Å². The molecule has 0 spiro atoms. The van der Waals surface area contributed by atoms with Gasteiger partial charge in [0.2, 0.25) is 5.91 Å². The highest BCUT2D eigenvalue weighted by molar-refractivity contribution is 9.10. The highest BCUT2D eigenvalue weighted by Gasteiger charge is 2.16. The van der Waals surface area contributed by atoms with Gasteiger partial charge in [-0.1, -0.05) is 11.6 Å². The second-order valence-electron chi connectivity index (χ2n) is 4.04. The van der Waals surface area contributed by atoms with E-state index in [0.29, 0.717) is 16.4 Å². The molecule has 0 saturated carbocycles. The van der Waals surface area contributed by atoms with E-state index in [0.717, 1.165) is 4.47 Å². The van der Waals surface area contributed by atoms with Crippen molar-refractivity contribution in [2.45, 2.75) is 13.0 Å². The third-order valence-corrected chi connectivity index (χ3v) is 3.32. The highest BCUT2D eigenvalue weighted by atomic mass is 79.9. The number of hydrogen-bond acceptors (Lipinski definition) is 3. The predicted molar refractivity (Wildman–Crippen MR) is 79.1 cm³/mol. The van der Waals surface area contributed by atoms with E-state index in [1.165, 1.54) is 0 Å². The zero-order valence-electron chi connectivity index (χ0n) is 10.1. The minimum atomic E-state index is -0.445. The molecule has 0 radical (unpaired) electrons. The number of nitrogens with zero attached hydrogens (tertiary/aromatic N) is 2. The molecule has 0 saturated heterocycles. The zero-order chi connectivity index (χ0) is 14.0. The summed E-state index contributed by atoms with van der Waals surface area (Å²) in [5, 5.41) is 7.22. The van der Waals surface area contributed by atoms with Crippen LogP contribution in [0.15, 0.2) is 35.1 Å². The Morgan fingerprint density at radius 2 is 2.32 bits per heavy atom. The molecular formula is C12H12BrClN4O. The molecule has 100 valence electrons. The van der Waals surface area contributed by atoms with Gasteiger partial charge in [0.05, 0.1) is 21.4 Å². The number of carbonyl (C=O) groups excluding carboxylic acids is 1. The van der Waals surface area contributed by atoms with Crippen molar-refractivity contribution in [1.82, 2.24) is 9.78 Å². The molecule has 1 amide bonds. The van der Waals surface area contributed by atoms with Crippen LogP contribution < -0.4 is 11.1 Å². The van der Waals surface area contributed by atoms with E-state index in [4.69, 9.17) is 17.3 Å². The quantitative estimate of drug-likeness (QED) is 0.841. The molecular weight excluding hydrogens is 332 g/mol. The number of carbonyl (C=O) groups is 1. The number of hydrogen-bond donors (Lipinski definition) is 2. The summed E-state index contributed by atoms with van der Waals surface area (Å²) < 4.78 is 2.38. The monoisotopic (exact) mass is 342 g/mol. The van der Waals surface area contributed by atoms with Gasteiger partial charge in [0.25, 0.3) is 0 Å². The topological polar surface area (TPSA) is 72.9 Å². The number of nitrogens with one attached hydrogen (secondary N) is 1. The van der Waals surface area contributed by atoms with Gasteiger partial charge in [-0.2, -0.15) is 5.10 Å². The summed E-state index contributed by atoms with van der Waals surface area (Å²) in [6.45, 7) is 1.75. The molecule has 1 atom stereocenters. The third kappa shape index (κ3) is 3.27. The van der Waals surface area contributed by atoms with Gasteiger partial charge >= 0.3 is 0 Å². The lowest BCUT2D eigenvalue weighted by Gasteiger charge is -2.13. The minimum Gasteiger partial charge on any atom is -0.399 e. The van der Waals surface area contributed by atoms with Gasteiger partial charge < -0.3 is 11.1 Å². The number of amides is 1. The summed E-state index contributed by atoms with van der Waals surface area (Å²) in [5.74, 6) is -0.206. The molecule has 3 N–H and O–H groups in total. The lowest BCUT2D eigenvalue weighted by molar-refractivity contribution is -0.119. The van der Waals surface area contributed by atoms with E-state index >= 15 is 0 Å². The van der Waals surface area contributed by atoms with Gasteiger partial charge in [-0.15, -0.1) is 0 Å². The van der Waals surface area contributed by atoms with Crippen LogP contribution in [-0.4, -0.2) is 15.7 Å². The number of aromatic nitrogens is 2. The fraction of sp³-hybridized carbons (Fsp3) is 0.167. The number of nitrogens with two attached hydrogens (primary N) is 1. The first kappa shape index (κ1) is 13.9. The molecule has 1 aromatic carbocycles. The standard InChI is InChI=1S/C12H12BrClN4O/c1-7(18-6-8(13)5-16-18)12(19)17-11-3-2-9(15)4-10(11)14/h2-7H,15H2,1H3,(H,17,19). The Morgan fingerprint density at radius 1 is 1.58 bits per heavy atom. The first-order valence-electron chi connectivity index (χ1n) is 5.53. The second kappa shape index (κ2) is 5.63. The second-order valence-corrected chi connectivity index (χ2v) is 5.37. The number of rotatable bonds is 3. The number of nitrogen functional groups attached to an aromatic ring is 1. The van der Waals surface area contributed by atoms with E-state index in [-0.39, 0.29) is 5.91 Å². The highest BCUT2D eigenvalue weighted by Crippen LogP contribution is 2.25. The molecule has 7 heteroatoms. The van der Waals surface area contributed by atoms with Crippen molar-refractivity contribution in [2.24, 2.45) is 0 Å². The Balaban J connectivity index is 2.12. The van der Waals surface area contributed by atoms with Gasteiger partial charge in [0.15, 0.2) is 0 Å². The maximum Gasteiger partial charge on any atom is 0.248 e. The van der Waals surface area contributed by atoms with Crippen LogP contribution in [0.5, 0.6) is 0 Å². The first-order chi connectivity index (χ1) is 8.97. The minimum absolute atomic E-state index is 0.206. The smallest absolute Gasteiger partial charge is 0.248 e. The molecule has 0 aliphatic carbocycles. The summed E-state index contributed by atoms with van der Waals surface area (Å²) in [7, 11) is 0. The Kier molecular flexibility index (Phi) is 4.11. The summed E-state index contributed by atoms with van der Waals surface area (Å²) in [6.07, 6.45) is 3.36. The fourth-order valence-electron chi connectivity index (χ4n) is 1.52. The molecule has 1 heterocycles. The normalized spacial score (nSPS) is 12.2. The van der Waals surface area contributed by atoms with Crippen molar-refractivity contribution < 1.29 is 4.79 Å². The molecule has 1 unspecified atom stereocenters. The largest absolute Gasteiger partial charge is 0.399 e. The van der Waals surface area contributed by atoms with Crippen LogP contribution in [0.1, 0.15) is 13.0 Å². The zero-order valence-corrected chi connectivity index (χ0v) is 12.4. The molecule has 19 heavy (non-hydrogen) atoms. The van der Waals surface area contributed by atoms with E-state index in [2.05, 4.69) is 26.3 Å². The van der Waals surface area contributed by atoms with E-state index in [1.807, 2.05) is 0 Å². The van der Waals surface area contributed by atoms with E-state index in [1.54, 1.807) is 42.2 Å². The van der Waals surface area contributed by atoms with Gasteiger partial charge in [-0.3, -0.25) is 9.48 Å². The lowest BCUT2D eigenvalue weighted by Crippen LogP contribution is -2.24. The van der Waals surface area contributed by atoms with Crippen LogP contribution in [0.25, 0.3) is 0 Å². The lowest BCUT2D eigenvalue weighted by atomic mass is 10.2. The predicted octanol–water partition coefficient (Wildman–Crippen LogP) is 3.08. The fourth-order valence-corrected chi connectivity index (χ4v) is 2.05. The molecule has 0 aliphatic rings. The van der Waals surface area contributed by atoms with Crippen molar-refractivity contribution in [2.75, 3.05) is 11.1 Å². The number of anilines is 2. The van der Waals surface area contributed by atoms with Crippen LogP contribution in [-0.2, 0) is 4.79 Å². The molecule has 2 aromatic rings. The summed E-state index contributed by atoms with van der Waals surface area (Å²) in [4.78, 5) is 12.1. The summed E-state index contributed by atoms with van der Waals surface area (Å²) in [6, 6.07) is 4.49. The average molecular weight is 344 g/mol. The maximum absolute atomic E-state index is 12.1. The van der Waals surface area contributed by atoms with E-state index in [9.17, 15) is 4.79 Å². The van der Waals surface area contributed by atoms with Crippen molar-refractivity contribution in [3.8, 4) is 0 Å². The van der Waals surface area contributed by atoms with Gasteiger partial charge in [0, 0.05) is 11.9 Å². The van der Waals surface area contributed by atoms with Crippen molar-refractivity contribution in [1.29, 1.82) is 0 Å². The molecule has 0 aliphatic heterocycles. The summed E-state index contributed by atoms with van der Waals surface area (Å²) in [5.41, 5.74) is 6.67. The molecule has 0 fully saturated rings. The third-order valence-electron chi connectivity index (χ3n) is 2.60. The number of halogens is 2. The van der Waals surface area contributed by atoms with Crippen molar-refractivity contribution in [3.63, 3.8) is 0 Å².